The van der Waals surface area contributed by atoms with Crippen LogP contribution >= 0.6 is 0 Å². The Hall–Kier alpha value is -2.14. The predicted octanol–water partition coefficient (Wildman–Crippen LogP) is 2.88. The Morgan fingerprint density at radius 3 is 2.48 bits per heavy atom. The standard InChI is InChI=1S/C18H22N2O3/c1-12-16(19-13(2)23-12)18(22)20-10-8-15(9-11-20)17(21)14-6-4-3-5-7-14/h3-7,15,17,21H,8-11H2,1-2H3/t17-/m1/s1. The number of piperidine rings is 1. The van der Waals surface area contributed by atoms with Crippen molar-refractivity contribution in [3.8, 4) is 0 Å². The van der Waals surface area contributed by atoms with Gasteiger partial charge in [0, 0.05) is 20.0 Å². The van der Waals surface area contributed by atoms with E-state index < -0.39 is 6.10 Å². The Morgan fingerprint density at radius 1 is 1.26 bits per heavy atom. The molecule has 0 unspecified atom stereocenters. The molecule has 1 saturated heterocycles. The van der Waals surface area contributed by atoms with Crippen molar-refractivity contribution in [3.05, 3.63) is 53.2 Å². The number of benzene rings is 1. The van der Waals surface area contributed by atoms with Gasteiger partial charge >= 0.3 is 0 Å². The zero-order valence-electron chi connectivity index (χ0n) is 13.5. The number of aliphatic hydroxyl groups excluding tert-OH is 1. The molecule has 0 bridgehead atoms. The second kappa shape index (κ2) is 6.54. The summed E-state index contributed by atoms with van der Waals surface area (Å²) >= 11 is 0. The molecule has 3 rings (SSSR count). The average molecular weight is 314 g/mol. The van der Waals surface area contributed by atoms with Gasteiger partial charge in [0.15, 0.2) is 11.6 Å². The lowest BCUT2D eigenvalue weighted by molar-refractivity contribution is 0.0458. The third-order valence-corrected chi connectivity index (χ3v) is 4.52. The van der Waals surface area contributed by atoms with E-state index in [2.05, 4.69) is 4.98 Å². The van der Waals surface area contributed by atoms with Gasteiger partial charge in [-0.1, -0.05) is 30.3 Å². The third kappa shape index (κ3) is 3.29. The Kier molecular flexibility index (Phi) is 4.48. The van der Waals surface area contributed by atoms with E-state index in [1.54, 1.807) is 18.7 Å². The number of rotatable bonds is 3. The fraction of sp³-hybridized carbons (Fsp3) is 0.444. The van der Waals surface area contributed by atoms with Crippen LogP contribution in [-0.4, -0.2) is 34.0 Å². The molecule has 1 fully saturated rings. The van der Waals surface area contributed by atoms with E-state index in [1.807, 2.05) is 30.3 Å². The molecule has 1 aromatic heterocycles. The molecule has 5 heteroatoms. The molecule has 1 atom stereocenters. The molecule has 1 amide bonds. The normalized spacial score (nSPS) is 17.3. The maximum atomic E-state index is 12.5. The van der Waals surface area contributed by atoms with Crippen molar-refractivity contribution in [1.29, 1.82) is 0 Å². The number of nitrogens with zero attached hydrogens (tertiary/aromatic N) is 2. The Morgan fingerprint density at radius 2 is 1.91 bits per heavy atom. The third-order valence-electron chi connectivity index (χ3n) is 4.52. The van der Waals surface area contributed by atoms with Gasteiger partial charge in [0.1, 0.15) is 5.76 Å². The number of hydrogen-bond donors (Lipinski definition) is 1. The Bertz CT molecular complexity index is 673. The average Bonchev–Trinajstić information content (AvgIpc) is 2.93. The molecule has 2 heterocycles. The number of aromatic nitrogens is 1. The first-order valence-electron chi connectivity index (χ1n) is 8.02. The summed E-state index contributed by atoms with van der Waals surface area (Å²) in [4.78, 5) is 18.5. The van der Waals surface area contributed by atoms with Gasteiger partial charge < -0.3 is 14.4 Å². The number of carbonyl (C=O) groups excluding carboxylic acids is 1. The van der Waals surface area contributed by atoms with Gasteiger partial charge in [-0.05, 0) is 31.2 Å². The summed E-state index contributed by atoms with van der Waals surface area (Å²) in [6.45, 7) is 4.78. The van der Waals surface area contributed by atoms with Crippen molar-refractivity contribution in [1.82, 2.24) is 9.88 Å². The smallest absolute Gasteiger partial charge is 0.276 e. The van der Waals surface area contributed by atoms with E-state index in [9.17, 15) is 9.90 Å². The second-order valence-corrected chi connectivity index (χ2v) is 6.12. The van der Waals surface area contributed by atoms with Crippen LogP contribution in [0.2, 0.25) is 0 Å². The van der Waals surface area contributed by atoms with E-state index in [1.165, 1.54) is 0 Å². The van der Waals surface area contributed by atoms with Gasteiger partial charge in [-0.3, -0.25) is 4.79 Å². The molecule has 1 aromatic carbocycles. The first-order valence-corrected chi connectivity index (χ1v) is 8.02. The van der Waals surface area contributed by atoms with Gasteiger partial charge in [-0.25, -0.2) is 4.98 Å². The van der Waals surface area contributed by atoms with Crippen LogP contribution in [0.3, 0.4) is 0 Å². The Balaban J connectivity index is 1.62. The molecular weight excluding hydrogens is 292 g/mol. The first kappa shape index (κ1) is 15.7. The van der Waals surface area contributed by atoms with Crippen molar-refractivity contribution in [2.24, 2.45) is 5.92 Å². The second-order valence-electron chi connectivity index (χ2n) is 6.12. The van der Waals surface area contributed by atoms with E-state index in [0.29, 0.717) is 30.4 Å². The number of oxazole rings is 1. The van der Waals surface area contributed by atoms with E-state index in [-0.39, 0.29) is 11.8 Å². The number of aryl methyl sites for hydroxylation is 2. The minimum Gasteiger partial charge on any atom is -0.445 e. The summed E-state index contributed by atoms with van der Waals surface area (Å²) in [6, 6.07) is 9.72. The van der Waals surface area contributed by atoms with Crippen LogP contribution in [0, 0.1) is 19.8 Å². The highest BCUT2D eigenvalue weighted by Gasteiger charge is 2.30. The van der Waals surface area contributed by atoms with Crippen LogP contribution in [0.4, 0.5) is 0 Å². The maximum Gasteiger partial charge on any atom is 0.276 e. The summed E-state index contributed by atoms with van der Waals surface area (Å²) < 4.78 is 5.35. The SMILES string of the molecule is Cc1nc(C(=O)N2CCC([C@H](O)c3ccccc3)CC2)c(C)o1. The molecule has 1 aliphatic heterocycles. The fourth-order valence-electron chi connectivity index (χ4n) is 3.22. The number of likely N-dealkylation sites (tertiary alicyclic amines) is 1. The highest BCUT2D eigenvalue weighted by Crippen LogP contribution is 2.31. The largest absolute Gasteiger partial charge is 0.445 e. The molecule has 122 valence electrons. The lowest BCUT2D eigenvalue weighted by atomic mass is 9.87. The van der Waals surface area contributed by atoms with Crippen LogP contribution in [0.1, 0.15) is 46.6 Å². The zero-order chi connectivity index (χ0) is 16.4. The molecule has 0 spiro atoms. The fourth-order valence-corrected chi connectivity index (χ4v) is 3.22. The minimum absolute atomic E-state index is 0.0769. The molecule has 23 heavy (non-hydrogen) atoms. The van der Waals surface area contributed by atoms with Gasteiger partial charge in [0.25, 0.3) is 5.91 Å². The summed E-state index contributed by atoms with van der Waals surface area (Å²) in [6.07, 6.45) is 1.11. The highest BCUT2D eigenvalue weighted by atomic mass is 16.4. The van der Waals surface area contributed by atoms with Crippen LogP contribution in [0.5, 0.6) is 0 Å². The van der Waals surface area contributed by atoms with Crippen LogP contribution in [0.25, 0.3) is 0 Å². The first-order chi connectivity index (χ1) is 11.1. The maximum absolute atomic E-state index is 12.5. The minimum atomic E-state index is -0.468. The van der Waals surface area contributed by atoms with Gasteiger partial charge in [-0.2, -0.15) is 0 Å². The van der Waals surface area contributed by atoms with Crippen molar-refractivity contribution in [3.63, 3.8) is 0 Å². The monoisotopic (exact) mass is 314 g/mol. The van der Waals surface area contributed by atoms with Gasteiger partial charge in [-0.15, -0.1) is 0 Å². The summed E-state index contributed by atoms with van der Waals surface area (Å²) in [7, 11) is 0. The molecule has 0 saturated carbocycles. The quantitative estimate of drug-likeness (QED) is 0.946. The molecule has 1 aliphatic rings. The van der Waals surface area contributed by atoms with Crippen LogP contribution < -0.4 is 0 Å². The molecule has 0 aliphatic carbocycles. The van der Waals surface area contributed by atoms with E-state index in [0.717, 1.165) is 18.4 Å². The van der Waals surface area contributed by atoms with E-state index >= 15 is 0 Å². The number of carbonyl (C=O) groups is 1. The lowest BCUT2D eigenvalue weighted by Gasteiger charge is -2.34. The lowest BCUT2D eigenvalue weighted by Crippen LogP contribution is -2.40. The predicted molar refractivity (Wildman–Crippen MR) is 86.0 cm³/mol. The van der Waals surface area contributed by atoms with Crippen molar-refractivity contribution < 1.29 is 14.3 Å². The number of aliphatic hydroxyl groups is 1. The topological polar surface area (TPSA) is 66.6 Å². The summed E-state index contributed by atoms with van der Waals surface area (Å²) in [5, 5.41) is 10.5. The van der Waals surface area contributed by atoms with E-state index in [4.69, 9.17) is 4.42 Å². The molecule has 1 N–H and O–H groups in total. The number of hydrogen-bond acceptors (Lipinski definition) is 4. The van der Waals surface area contributed by atoms with Crippen molar-refractivity contribution in [2.45, 2.75) is 32.8 Å². The molecule has 5 nitrogen and oxygen atoms in total. The van der Waals surface area contributed by atoms with Crippen LogP contribution in [-0.2, 0) is 0 Å². The van der Waals surface area contributed by atoms with Crippen molar-refractivity contribution >= 4 is 5.91 Å². The zero-order valence-corrected chi connectivity index (χ0v) is 13.5. The summed E-state index contributed by atoms with van der Waals surface area (Å²) in [5.41, 5.74) is 1.35. The number of amides is 1. The van der Waals surface area contributed by atoms with Gasteiger partial charge in [0.05, 0.1) is 6.10 Å². The molecule has 0 radical (unpaired) electrons. The Labute approximate surface area is 135 Å². The van der Waals surface area contributed by atoms with Crippen molar-refractivity contribution in [2.75, 3.05) is 13.1 Å². The van der Waals surface area contributed by atoms with Gasteiger partial charge in [0.2, 0.25) is 0 Å². The summed E-state index contributed by atoms with van der Waals surface area (Å²) in [5.74, 6) is 1.19. The highest BCUT2D eigenvalue weighted by molar-refractivity contribution is 5.93. The molecule has 2 aromatic rings. The van der Waals surface area contributed by atoms with Crippen LogP contribution in [0.15, 0.2) is 34.7 Å². The molecular formula is C18H22N2O3.